The van der Waals surface area contributed by atoms with Crippen LogP contribution in [0.15, 0.2) is 84.9 Å². The zero-order chi connectivity index (χ0) is 26.2. The van der Waals surface area contributed by atoms with Crippen LogP contribution in [0.1, 0.15) is 0 Å². The van der Waals surface area contributed by atoms with Crippen LogP contribution >= 0.6 is 15.5 Å². The van der Waals surface area contributed by atoms with Gasteiger partial charge in [-0.25, -0.2) is 0 Å². The Hall–Kier alpha value is -1.92. The molecule has 0 bridgehead atoms. The third-order valence-corrected chi connectivity index (χ3v) is 9.99. The number of rotatable bonds is 18. The van der Waals surface area contributed by atoms with Crippen LogP contribution in [-0.4, -0.2) is 67.1 Å². The fourth-order valence-electron chi connectivity index (χ4n) is 3.56. The van der Waals surface area contributed by atoms with Crippen molar-refractivity contribution in [2.75, 3.05) is 67.1 Å². The van der Waals surface area contributed by atoms with Crippen molar-refractivity contribution in [1.82, 2.24) is 0 Å². The maximum Gasteiger partial charge on any atom is 0.362 e. The van der Waals surface area contributed by atoms with E-state index in [0.29, 0.717) is 31.7 Å². The normalized spacial score (nSPS) is 11.8. The van der Waals surface area contributed by atoms with Gasteiger partial charge in [-0.15, -0.1) is 0 Å². The molecule has 9 heteroatoms. The molecular formula is C28H36O7P2. The molecule has 0 atom stereocenters. The fourth-order valence-corrected chi connectivity index (χ4v) is 8.17. The third kappa shape index (κ3) is 9.40. The van der Waals surface area contributed by atoms with E-state index in [1.807, 2.05) is 60.7 Å². The van der Waals surface area contributed by atoms with E-state index >= 15 is 0 Å². The highest BCUT2D eigenvalue weighted by Gasteiger charge is 2.33. The average Bonchev–Trinajstić information content (AvgIpc) is 2.94. The first-order valence-electron chi connectivity index (χ1n) is 12.2. The number of methoxy groups -OCH3 is 2. The first-order valence-corrected chi connectivity index (χ1v) is 15.1. The van der Waals surface area contributed by atoms with Gasteiger partial charge in [0.1, 0.15) is 0 Å². The molecule has 3 aromatic carbocycles. The molecule has 0 heterocycles. The summed E-state index contributed by atoms with van der Waals surface area (Å²) in [5.41, 5.74) is 0. The van der Waals surface area contributed by atoms with E-state index in [4.69, 9.17) is 28.0 Å². The van der Waals surface area contributed by atoms with Crippen molar-refractivity contribution in [3.8, 4) is 0 Å². The zero-order valence-electron chi connectivity index (χ0n) is 21.5. The highest BCUT2D eigenvalue weighted by Crippen LogP contribution is 2.48. The van der Waals surface area contributed by atoms with E-state index in [-0.39, 0.29) is 26.4 Å². The second-order valence-corrected chi connectivity index (χ2v) is 12.0. The van der Waals surface area contributed by atoms with Gasteiger partial charge >= 0.3 is 7.60 Å². The molecule has 0 aliphatic carbocycles. The van der Waals surface area contributed by atoms with Gasteiger partial charge < -0.3 is 28.0 Å². The maximum atomic E-state index is 14.4. The maximum absolute atomic E-state index is 14.4. The van der Waals surface area contributed by atoms with Crippen LogP contribution in [0.3, 0.4) is 0 Å². The van der Waals surface area contributed by atoms with E-state index in [0.717, 1.165) is 15.9 Å². The Labute approximate surface area is 221 Å². The Bertz CT molecular complexity index is 1010. The summed E-state index contributed by atoms with van der Waals surface area (Å²) < 4.78 is 47.4. The Kier molecular flexibility index (Phi) is 13.5. The van der Waals surface area contributed by atoms with Gasteiger partial charge in [0.25, 0.3) is 0 Å². The lowest BCUT2D eigenvalue weighted by Crippen LogP contribution is -2.32. The van der Waals surface area contributed by atoms with Gasteiger partial charge in [0.05, 0.1) is 58.2 Å². The highest BCUT2D eigenvalue weighted by molar-refractivity contribution is 7.81. The van der Waals surface area contributed by atoms with Crippen LogP contribution in [0.4, 0.5) is 0 Å². The van der Waals surface area contributed by atoms with Crippen LogP contribution in [0.25, 0.3) is 0 Å². The van der Waals surface area contributed by atoms with Crippen LogP contribution in [0, 0.1) is 0 Å². The smallest absolute Gasteiger partial charge is 0.362 e. The topological polar surface area (TPSA) is 72.5 Å². The predicted molar refractivity (Wildman–Crippen MR) is 150 cm³/mol. The quantitative estimate of drug-likeness (QED) is 0.178. The van der Waals surface area contributed by atoms with Crippen molar-refractivity contribution in [2.24, 2.45) is 0 Å². The summed E-state index contributed by atoms with van der Waals surface area (Å²) in [4.78, 5) is 0. The van der Waals surface area contributed by atoms with Crippen molar-refractivity contribution < 1.29 is 32.6 Å². The number of hydrogen-bond acceptors (Lipinski definition) is 7. The molecule has 0 aromatic heterocycles. The lowest BCUT2D eigenvalue weighted by molar-refractivity contribution is 0.0419. The number of benzene rings is 3. The van der Waals surface area contributed by atoms with Crippen molar-refractivity contribution in [3.05, 3.63) is 84.9 Å². The molecule has 0 fully saturated rings. The van der Waals surface area contributed by atoms with Gasteiger partial charge in [0, 0.05) is 19.5 Å². The summed E-state index contributed by atoms with van der Waals surface area (Å²) in [5.74, 6) is 0. The summed E-state index contributed by atoms with van der Waals surface area (Å²) in [7, 11) is -1.50. The van der Waals surface area contributed by atoms with Crippen molar-refractivity contribution >= 4 is 36.7 Å². The number of hydrogen-bond donors (Lipinski definition) is 0. The van der Waals surface area contributed by atoms with Crippen molar-refractivity contribution in [2.45, 2.75) is 0 Å². The van der Waals surface area contributed by atoms with E-state index < -0.39 is 15.5 Å². The standard InChI is InChI=1S/C28H36O7P2/c1-30-17-19-32-21-23-34-37(29,35-24-22-33-20-18-31-2)28-16-10-9-15-27(28)36(25-11-5-3-6-12-25)26-13-7-4-8-14-26/h3-16H,17-24H2,1-2H3. The van der Waals surface area contributed by atoms with Crippen molar-refractivity contribution in [1.29, 1.82) is 0 Å². The first-order chi connectivity index (χ1) is 18.2. The average molecular weight is 547 g/mol. The molecule has 37 heavy (non-hydrogen) atoms. The molecular weight excluding hydrogens is 510 g/mol. The fraction of sp³-hybridized carbons (Fsp3) is 0.357. The molecule has 0 saturated heterocycles. The van der Waals surface area contributed by atoms with Gasteiger partial charge in [-0.2, -0.15) is 0 Å². The minimum Gasteiger partial charge on any atom is -0.382 e. The lowest BCUT2D eigenvalue weighted by atomic mass is 10.3. The summed E-state index contributed by atoms with van der Waals surface area (Å²) in [6.07, 6.45) is 0. The Morgan fingerprint density at radius 1 is 0.568 bits per heavy atom. The molecule has 0 amide bonds. The molecule has 0 aliphatic rings. The van der Waals surface area contributed by atoms with E-state index in [2.05, 4.69) is 24.3 Å². The third-order valence-electron chi connectivity index (χ3n) is 5.29. The van der Waals surface area contributed by atoms with Crippen LogP contribution in [0.2, 0.25) is 0 Å². The van der Waals surface area contributed by atoms with Gasteiger partial charge in [-0.3, -0.25) is 4.57 Å². The molecule has 0 aliphatic heterocycles. The number of ether oxygens (including phenoxy) is 4. The lowest BCUT2D eigenvalue weighted by Gasteiger charge is -2.26. The minimum atomic E-state index is -3.72. The molecule has 7 nitrogen and oxygen atoms in total. The van der Waals surface area contributed by atoms with Crippen LogP contribution < -0.4 is 21.2 Å². The summed E-state index contributed by atoms with van der Waals surface area (Å²) in [6, 6.07) is 28.2. The molecule has 0 radical (unpaired) electrons. The van der Waals surface area contributed by atoms with E-state index in [9.17, 15) is 4.57 Å². The summed E-state index contributed by atoms with van der Waals surface area (Å²) in [6.45, 7) is 2.61. The van der Waals surface area contributed by atoms with Crippen LogP contribution in [0.5, 0.6) is 0 Å². The van der Waals surface area contributed by atoms with Gasteiger partial charge in [-0.1, -0.05) is 78.9 Å². The van der Waals surface area contributed by atoms with Crippen molar-refractivity contribution in [3.63, 3.8) is 0 Å². The SMILES string of the molecule is COCCOCCOP(=O)(OCCOCCOC)c1ccccc1P(c1ccccc1)c1ccccc1. The van der Waals surface area contributed by atoms with Gasteiger partial charge in [0.15, 0.2) is 0 Å². The largest absolute Gasteiger partial charge is 0.382 e. The van der Waals surface area contributed by atoms with Gasteiger partial charge in [0.2, 0.25) is 0 Å². The summed E-state index contributed by atoms with van der Waals surface area (Å²) >= 11 is 0. The minimum absolute atomic E-state index is 0.120. The zero-order valence-corrected chi connectivity index (χ0v) is 23.3. The molecule has 0 N–H and O–H groups in total. The van der Waals surface area contributed by atoms with E-state index in [1.165, 1.54) is 0 Å². The Balaban J connectivity index is 1.91. The van der Waals surface area contributed by atoms with Crippen LogP contribution in [-0.2, 0) is 32.6 Å². The first kappa shape index (κ1) is 29.6. The molecule has 0 unspecified atom stereocenters. The molecule has 200 valence electrons. The monoisotopic (exact) mass is 546 g/mol. The molecule has 0 spiro atoms. The molecule has 3 aromatic rings. The second-order valence-electron chi connectivity index (χ2n) is 7.87. The molecule has 3 rings (SSSR count). The summed E-state index contributed by atoms with van der Waals surface area (Å²) in [5, 5.41) is 3.78. The Morgan fingerprint density at radius 3 is 1.49 bits per heavy atom. The Morgan fingerprint density at radius 2 is 1.00 bits per heavy atom. The second kappa shape index (κ2) is 16.8. The molecule has 0 saturated carbocycles. The predicted octanol–water partition coefficient (Wildman–Crippen LogP) is 3.62. The highest BCUT2D eigenvalue weighted by atomic mass is 31.2. The van der Waals surface area contributed by atoms with Gasteiger partial charge in [-0.05, 0) is 24.6 Å². The van der Waals surface area contributed by atoms with E-state index in [1.54, 1.807) is 14.2 Å².